The van der Waals surface area contributed by atoms with Gasteiger partial charge in [0.25, 0.3) is 0 Å². The van der Waals surface area contributed by atoms with Gasteiger partial charge in [0.1, 0.15) is 11.9 Å². The third-order valence-corrected chi connectivity index (χ3v) is 6.88. The Balaban J connectivity index is 1.58. The van der Waals surface area contributed by atoms with Crippen molar-refractivity contribution in [1.82, 2.24) is 34.9 Å². The van der Waals surface area contributed by atoms with E-state index in [9.17, 15) is 9.59 Å². The minimum absolute atomic E-state index is 0.196. The molecule has 12 nitrogen and oxygen atoms in total. The fourth-order valence-corrected chi connectivity index (χ4v) is 4.24. The monoisotopic (exact) mass is 602 g/mol. The van der Waals surface area contributed by atoms with Crippen LogP contribution in [-0.4, -0.2) is 102 Å². The normalized spacial score (nSPS) is 11.8. The Bertz CT molecular complexity index is 1520. The van der Waals surface area contributed by atoms with Crippen LogP contribution in [0.5, 0.6) is 0 Å². The molecule has 3 rings (SSSR count). The van der Waals surface area contributed by atoms with Crippen molar-refractivity contribution in [3.8, 4) is 11.8 Å². The number of likely N-dealkylation sites (N-methyl/N-ethyl adjacent to an activating group) is 2. The smallest absolute Gasteiger partial charge is 0.246 e. The third kappa shape index (κ3) is 9.44. The number of hydrogen-bond donors (Lipinski definition) is 3. The van der Waals surface area contributed by atoms with E-state index in [1.165, 1.54) is 11.0 Å². The van der Waals surface area contributed by atoms with E-state index in [2.05, 4.69) is 44.8 Å². The lowest BCUT2D eigenvalue weighted by atomic mass is 10.2. The molecule has 0 fully saturated rings. The summed E-state index contributed by atoms with van der Waals surface area (Å²) in [7, 11) is 11.4. The molecule has 2 heterocycles. The van der Waals surface area contributed by atoms with E-state index in [-0.39, 0.29) is 11.8 Å². The molecule has 0 unspecified atom stereocenters. The fourth-order valence-electron chi connectivity index (χ4n) is 4.24. The molecule has 1 atom stereocenters. The lowest BCUT2D eigenvalue weighted by Crippen LogP contribution is -2.45. The molecule has 0 bridgehead atoms. The number of aromatic nitrogens is 4. The van der Waals surface area contributed by atoms with Crippen LogP contribution in [-0.2, 0) is 16.6 Å². The highest BCUT2D eigenvalue weighted by atomic mass is 16.2. The molecule has 0 radical (unpaired) electrons. The molecule has 44 heavy (non-hydrogen) atoms. The van der Waals surface area contributed by atoms with Gasteiger partial charge in [-0.25, -0.2) is 4.98 Å². The zero-order valence-electron chi connectivity index (χ0n) is 27.2. The molecule has 12 heteroatoms. The first-order valence-electron chi connectivity index (χ1n) is 14.9. The molecular weight excluding hydrogens is 556 g/mol. The Kier molecular flexibility index (Phi) is 12.5. The van der Waals surface area contributed by atoms with Gasteiger partial charge in [0.15, 0.2) is 5.82 Å². The molecule has 2 amide bonds. The second-order valence-electron chi connectivity index (χ2n) is 11.1. The number of unbranched alkanes of at least 4 members (excludes halogenated alkanes) is 1. The van der Waals surface area contributed by atoms with Crippen molar-refractivity contribution >= 4 is 46.0 Å². The number of benzene rings is 1. The van der Waals surface area contributed by atoms with Crippen molar-refractivity contribution in [3.63, 3.8) is 0 Å². The number of amides is 2. The number of carbonyl (C=O) groups excluding carboxylic acids is 2. The van der Waals surface area contributed by atoms with Crippen molar-refractivity contribution < 1.29 is 9.59 Å². The van der Waals surface area contributed by atoms with Crippen molar-refractivity contribution in [2.24, 2.45) is 7.05 Å². The molecule has 3 N–H and O–H groups in total. The molecule has 0 aliphatic heterocycles. The van der Waals surface area contributed by atoms with Crippen molar-refractivity contribution in [3.05, 3.63) is 42.1 Å². The first kappa shape index (κ1) is 33.9. The van der Waals surface area contributed by atoms with Gasteiger partial charge in [-0.2, -0.15) is 10.1 Å². The summed E-state index contributed by atoms with van der Waals surface area (Å²) in [4.78, 5) is 39.4. The number of nitrogens with zero attached hydrogens (tertiary/aromatic N) is 7. The number of fused-ring (bicyclic) bond motifs is 1. The molecule has 0 spiro atoms. The Morgan fingerprint density at radius 2 is 1.91 bits per heavy atom. The Labute approximate surface area is 260 Å². The van der Waals surface area contributed by atoms with Crippen LogP contribution in [0.2, 0.25) is 0 Å². The van der Waals surface area contributed by atoms with Crippen LogP contribution in [0.4, 0.5) is 23.3 Å². The van der Waals surface area contributed by atoms with E-state index < -0.39 is 6.04 Å². The lowest BCUT2D eigenvalue weighted by molar-refractivity contribution is -0.135. The summed E-state index contributed by atoms with van der Waals surface area (Å²) in [5.41, 5.74) is 2.61. The first-order chi connectivity index (χ1) is 21.0. The Morgan fingerprint density at radius 1 is 1.14 bits per heavy atom. The minimum Gasteiger partial charge on any atom is -0.369 e. The third-order valence-electron chi connectivity index (χ3n) is 6.88. The highest BCUT2D eigenvalue weighted by molar-refractivity contribution is 5.93. The standard InChI is InChI=1S/C32H46N10O2/c1-9-18-33-29-24(14-11-10-12-19-34-31(44)23(2)41(7)28(43)15-13-20-39(3)4)22-35-32(37-29)36-25-16-17-27-26(21-25)30(40(5)6)38-42(27)8/h13,15-17,21-23H,9-10,12,18-20H2,1-8H3,(H,34,44)(H2,33,35,36,37)/t23-/m0/s1. The van der Waals surface area contributed by atoms with Gasteiger partial charge in [-0.15, -0.1) is 0 Å². The average molecular weight is 603 g/mol. The van der Waals surface area contributed by atoms with Gasteiger partial charge in [-0.05, 0) is 52.1 Å². The quantitative estimate of drug-likeness (QED) is 0.145. The van der Waals surface area contributed by atoms with Crippen LogP contribution in [0.1, 0.15) is 38.7 Å². The van der Waals surface area contributed by atoms with Crippen LogP contribution < -0.4 is 20.9 Å². The highest BCUT2D eigenvalue weighted by Gasteiger charge is 2.20. The van der Waals surface area contributed by atoms with Crippen molar-refractivity contribution in [2.45, 2.75) is 39.2 Å². The number of carbonyl (C=O) groups is 2. The highest BCUT2D eigenvalue weighted by Crippen LogP contribution is 2.28. The fraction of sp³-hybridized carbons (Fsp3) is 0.469. The summed E-state index contributed by atoms with van der Waals surface area (Å²) < 4.78 is 1.87. The number of nitrogens with one attached hydrogen (secondary N) is 3. The summed E-state index contributed by atoms with van der Waals surface area (Å²) in [6.07, 6.45) is 7.20. The number of rotatable bonds is 14. The van der Waals surface area contributed by atoms with Crippen LogP contribution in [0.3, 0.4) is 0 Å². The van der Waals surface area contributed by atoms with Gasteiger partial charge in [-0.3, -0.25) is 14.3 Å². The summed E-state index contributed by atoms with van der Waals surface area (Å²) in [6.45, 7) is 5.69. The van der Waals surface area contributed by atoms with E-state index in [1.807, 2.05) is 67.9 Å². The zero-order chi connectivity index (χ0) is 32.2. The molecule has 0 saturated heterocycles. The van der Waals surface area contributed by atoms with Gasteiger partial charge < -0.3 is 30.7 Å². The van der Waals surface area contributed by atoms with Gasteiger partial charge >= 0.3 is 0 Å². The molecule has 3 aromatic rings. The van der Waals surface area contributed by atoms with E-state index in [0.717, 1.165) is 35.4 Å². The van der Waals surface area contributed by atoms with Crippen molar-refractivity contribution in [1.29, 1.82) is 0 Å². The van der Waals surface area contributed by atoms with E-state index in [1.54, 1.807) is 26.2 Å². The van der Waals surface area contributed by atoms with E-state index in [4.69, 9.17) is 4.98 Å². The van der Waals surface area contributed by atoms with Gasteiger partial charge in [-0.1, -0.05) is 24.8 Å². The summed E-state index contributed by atoms with van der Waals surface area (Å²) >= 11 is 0. The SMILES string of the molecule is CCCNc1nc(Nc2ccc3c(c2)c(N(C)C)nn3C)ncc1C#CCCCNC(=O)[C@H](C)N(C)C(=O)C=CCN(C)C. The molecule has 0 saturated carbocycles. The maximum Gasteiger partial charge on any atom is 0.246 e. The number of hydrogen-bond acceptors (Lipinski definition) is 9. The Morgan fingerprint density at radius 3 is 2.61 bits per heavy atom. The summed E-state index contributed by atoms with van der Waals surface area (Å²) in [5.74, 6) is 7.97. The molecule has 236 valence electrons. The minimum atomic E-state index is -0.574. The lowest BCUT2D eigenvalue weighted by Gasteiger charge is -2.23. The van der Waals surface area contributed by atoms with Gasteiger partial charge in [0.05, 0.1) is 17.3 Å². The van der Waals surface area contributed by atoms with Crippen LogP contribution >= 0.6 is 0 Å². The van der Waals surface area contributed by atoms with Crippen LogP contribution in [0, 0.1) is 11.8 Å². The number of aryl methyl sites for hydroxylation is 1. The molecule has 0 aliphatic rings. The topological polar surface area (TPSA) is 124 Å². The Hall–Kier alpha value is -4.63. The number of anilines is 4. The largest absolute Gasteiger partial charge is 0.369 e. The molecular formula is C32H46N10O2. The van der Waals surface area contributed by atoms with Crippen molar-refractivity contribution in [2.75, 3.05) is 70.4 Å². The maximum absolute atomic E-state index is 12.5. The van der Waals surface area contributed by atoms with Gasteiger partial charge in [0, 0.05) is 71.4 Å². The second kappa shape index (κ2) is 16.3. The van der Waals surface area contributed by atoms with Crippen LogP contribution in [0.25, 0.3) is 10.9 Å². The second-order valence-corrected chi connectivity index (χ2v) is 11.1. The van der Waals surface area contributed by atoms with E-state index >= 15 is 0 Å². The predicted octanol–water partition coefficient (Wildman–Crippen LogP) is 3.21. The summed E-state index contributed by atoms with van der Waals surface area (Å²) in [5, 5.41) is 15.2. The average Bonchev–Trinajstić information content (AvgIpc) is 3.33. The van der Waals surface area contributed by atoms with Crippen LogP contribution in [0.15, 0.2) is 36.5 Å². The first-order valence-corrected chi connectivity index (χ1v) is 14.9. The maximum atomic E-state index is 12.5. The van der Waals surface area contributed by atoms with Gasteiger partial charge in [0.2, 0.25) is 17.8 Å². The predicted molar refractivity (Wildman–Crippen MR) is 178 cm³/mol. The molecule has 1 aromatic carbocycles. The molecule has 0 aliphatic carbocycles. The summed E-state index contributed by atoms with van der Waals surface area (Å²) in [6, 6.07) is 5.49. The molecule has 2 aromatic heterocycles. The zero-order valence-corrected chi connectivity index (χ0v) is 27.2. The van der Waals surface area contributed by atoms with E-state index in [0.29, 0.717) is 43.3 Å².